The van der Waals surface area contributed by atoms with Crippen molar-refractivity contribution in [2.45, 2.75) is 46.0 Å². The molecular formula is C16H23ClN2O2. The van der Waals surface area contributed by atoms with Crippen molar-refractivity contribution in [3.05, 3.63) is 28.3 Å². The Hall–Kier alpha value is -1.42. The van der Waals surface area contributed by atoms with Crippen LogP contribution in [0.25, 0.3) is 0 Å². The maximum Gasteiger partial charge on any atom is 0.139 e. The van der Waals surface area contributed by atoms with E-state index in [4.69, 9.17) is 27.3 Å². The van der Waals surface area contributed by atoms with Gasteiger partial charge in [0, 0.05) is 16.9 Å². The summed E-state index contributed by atoms with van der Waals surface area (Å²) in [7, 11) is 0. The van der Waals surface area contributed by atoms with Crippen LogP contribution >= 0.6 is 11.6 Å². The molecule has 116 valence electrons. The largest absolute Gasteiger partial charge is 0.493 e. The molecule has 0 bridgehead atoms. The van der Waals surface area contributed by atoms with E-state index in [1.807, 2.05) is 19.1 Å². The summed E-state index contributed by atoms with van der Waals surface area (Å²) in [6.45, 7) is 6.81. The van der Waals surface area contributed by atoms with Gasteiger partial charge in [0.1, 0.15) is 11.6 Å². The fraction of sp³-hybridized carbons (Fsp3) is 0.562. The monoisotopic (exact) mass is 310 g/mol. The van der Waals surface area contributed by atoms with Gasteiger partial charge in [0.2, 0.25) is 0 Å². The van der Waals surface area contributed by atoms with Gasteiger partial charge < -0.3 is 15.7 Å². The summed E-state index contributed by atoms with van der Waals surface area (Å²) in [6.07, 6.45) is 2.67. The molecule has 0 aromatic heterocycles. The zero-order chi connectivity index (χ0) is 15.6. The molecule has 1 aliphatic rings. The molecule has 1 aromatic rings. The normalized spacial score (nSPS) is 17.1. The van der Waals surface area contributed by atoms with Crippen LogP contribution in [0, 0.1) is 12.3 Å². The van der Waals surface area contributed by atoms with Gasteiger partial charge in [-0.3, -0.25) is 0 Å². The van der Waals surface area contributed by atoms with Gasteiger partial charge in [-0.15, -0.1) is 0 Å². The SMILES string of the molecule is Cc1cc(Cl)c(C(C)C)cc1OCC1(CC(N)=NO)CC1. The van der Waals surface area contributed by atoms with Gasteiger partial charge in [0.25, 0.3) is 0 Å². The minimum atomic E-state index is 0.0282. The highest BCUT2D eigenvalue weighted by Crippen LogP contribution is 2.49. The Labute approximate surface area is 130 Å². The lowest BCUT2D eigenvalue weighted by Crippen LogP contribution is -2.22. The summed E-state index contributed by atoms with van der Waals surface area (Å²) >= 11 is 6.27. The summed E-state index contributed by atoms with van der Waals surface area (Å²) in [5, 5.41) is 12.5. The molecule has 1 fully saturated rings. The minimum Gasteiger partial charge on any atom is -0.493 e. The van der Waals surface area contributed by atoms with Crippen LogP contribution < -0.4 is 10.5 Å². The highest BCUT2D eigenvalue weighted by atomic mass is 35.5. The lowest BCUT2D eigenvalue weighted by molar-refractivity contribution is 0.234. The molecule has 0 aliphatic heterocycles. The number of halogens is 1. The van der Waals surface area contributed by atoms with Crippen molar-refractivity contribution >= 4 is 17.4 Å². The van der Waals surface area contributed by atoms with Crippen molar-refractivity contribution < 1.29 is 9.94 Å². The van der Waals surface area contributed by atoms with Gasteiger partial charge in [-0.25, -0.2) is 0 Å². The fourth-order valence-corrected chi connectivity index (χ4v) is 2.90. The Balaban J connectivity index is 2.08. The van der Waals surface area contributed by atoms with Crippen LogP contribution in [0.3, 0.4) is 0 Å². The summed E-state index contributed by atoms with van der Waals surface area (Å²) < 4.78 is 6.00. The summed E-state index contributed by atoms with van der Waals surface area (Å²) in [5.41, 5.74) is 7.76. The van der Waals surface area contributed by atoms with Crippen molar-refractivity contribution in [1.82, 2.24) is 0 Å². The van der Waals surface area contributed by atoms with Gasteiger partial charge in [0.05, 0.1) is 6.61 Å². The number of nitrogens with zero attached hydrogens (tertiary/aromatic N) is 1. The quantitative estimate of drug-likeness (QED) is 0.360. The highest BCUT2D eigenvalue weighted by molar-refractivity contribution is 6.31. The molecular weight excluding hydrogens is 288 g/mol. The van der Waals surface area contributed by atoms with Crippen molar-refractivity contribution in [2.24, 2.45) is 16.3 Å². The number of nitrogens with two attached hydrogens (primary N) is 1. The molecule has 3 N–H and O–H groups in total. The summed E-state index contributed by atoms with van der Waals surface area (Å²) in [5.74, 6) is 1.49. The number of benzene rings is 1. The molecule has 21 heavy (non-hydrogen) atoms. The topological polar surface area (TPSA) is 67.8 Å². The second-order valence-corrected chi connectivity index (χ2v) is 6.76. The van der Waals surface area contributed by atoms with E-state index < -0.39 is 0 Å². The average Bonchev–Trinajstić information content (AvgIpc) is 3.17. The molecule has 0 unspecified atom stereocenters. The summed E-state index contributed by atoms with van der Waals surface area (Å²) in [6, 6.07) is 3.98. The lowest BCUT2D eigenvalue weighted by atomic mass is 10.0. The number of amidine groups is 1. The van der Waals surface area contributed by atoms with Crippen LogP contribution in [0.2, 0.25) is 5.02 Å². The van der Waals surface area contributed by atoms with Crippen LogP contribution in [0.1, 0.15) is 50.2 Å². The van der Waals surface area contributed by atoms with E-state index in [-0.39, 0.29) is 11.3 Å². The van der Waals surface area contributed by atoms with Gasteiger partial charge in [-0.1, -0.05) is 30.6 Å². The molecule has 0 heterocycles. The zero-order valence-electron chi connectivity index (χ0n) is 12.8. The van der Waals surface area contributed by atoms with Crippen LogP contribution in [0.15, 0.2) is 17.3 Å². The van der Waals surface area contributed by atoms with Gasteiger partial charge in [-0.05, 0) is 48.9 Å². The van der Waals surface area contributed by atoms with E-state index in [0.29, 0.717) is 18.9 Å². The van der Waals surface area contributed by atoms with Gasteiger partial charge >= 0.3 is 0 Å². The standard InChI is InChI=1S/C16H23ClN2O2/c1-10(2)12-7-14(11(3)6-13(12)17)21-9-16(4-5-16)8-15(18)19-20/h6-7,10,20H,4-5,8-9H2,1-3H3,(H2,18,19). The Kier molecular flexibility index (Phi) is 4.67. The van der Waals surface area contributed by atoms with E-state index >= 15 is 0 Å². The highest BCUT2D eigenvalue weighted by Gasteiger charge is 2.44. The molecule has 0 saturated heterocycles. The Bertz CT molecular complexity index is 551. The number of aryl methyl sites for hydroxylation is 1. The molecule has 4 nitrogen and oxygen atoms in total. The third-order valence-electron chi connectivity index (χ3n) is 4.09. The lowest BCUT2D eigenvalue weighted by Gasteiger charge is -2.18. The van der Waals surface area contributed by atoms with E-state index in [9.17, 15) is 0 Å². The first-order valence-corrected chi connectivity index (χ1v) is 7.64. The van der Waals surface area contributed by atoms with E-state index in [0.717, 1.165) is 34.7 Å². The molecule has 0 amide bonds. The maximum atomic E-state index is 8.69. The minimum absolute atomic E-state index is 0.0282. The second kappa shape index (κ2) is 6.14. The van der Waals surface area contributed by atoms with E-state index in [1.54, 1.807) is 0 Å². The maximum absolute atomic E-state index is 8.69. The summed E-state index contributed by atoms with van der Waals surface area (Å²) in [4.78, 5) is 0. The van der Waals surface area contributed by atoms with Crippen LogP contribution in [-0.2, 0) is 0 Å². The van der Waals surface area contributed by atoms with Crippen LogP contribution in [0.4, 0.5) is 0 Å². The third kappa shape index (κ3) is 3.82. The predicted molar refractivity (Wildman–Crippen MR) is 85.5 cm³/mol. The van der Waals surface area contributed by atoms with Crippen molar-refractivity contribution in [3.8, 4) is 5.75 Å². The van der Waals surface area contributed by atoms with Crippen LogP contribution in [-0.4, -0.2) is 17.6 Å². The molecule has 1 aliphatic carbocycles. The fourth-order valence-electron chi connectivity index (χ4n) is 2.47. The molecule has 0 atom stereocenters. The molecule has 0 radical (unpaired) electrons. The zero-order valence-corrected chi connectivity index (χ0v) is 13.6. The van der Waals surface area contributed by atoms with E-state index in [2.05, 4.69) is 19.0 Å². The number of oxime groups is 1. The smallest absolute Gasteiger partial charge is 0.139 e. The molecule has 0 spiro atoms. The Morgan fingerprint density at radius 2 is 2.14 bits per heavy atom. The van der Waals surface area contributed by atoms with Gasteiger partial charge in [0.15, 0.2) is 0 Å². The first-order valence-electron chi connectivity index (χ1n) is 7.26. The van der Waals surface area contributed by atoms with Crippen molar-refractivity contribution in [3.63, 3.8) is 0 Å². The molecule has 5 heteroatoms. The number of rotatable bonds is 6. The van der Waals surface area contributed by atoms with Crippen molar-refractivity contribution in [2.75, 3.05) is 6.61 Å². The number of hydrogen-bond acceptors (Lipinski definition) is 3. The average molecular weight is 311 g/mol. The van der Waals surface area contributed by atoms with Crippen LogP contribution in [0.5, 0.6) is 5.75 Å². The molecule has 1 aromatic carbocycles. The predicted octanol–water partition coefficient (Wildman–Crippen LogP) is 4.07. The van der Waals surface area contributed by atoms with Gasteiger partial charge in [-0.2, -0.15) is 0 Å². The molecule has 2 rings (SSSR count). The molecule has 1 saturated carbocycles. The third-order valence-corrected chi connectivity index (χ3v) is 4.42. The number of ether oxygens (including phenoxy) is 1. The first-order chi connectivity index (χ1) is 9.87. The Morgan fingerprint density at radius 3 is 2.67 bits per heavy atom. The first kappa shape index (κ1) is 16.0. The second-order valence-electron chi connectivity index (χ2n) is 6.35. The number of hydrogen-bond donors (Lipinski definition) is 2. The Morgan fingerprint density at radius 1 is 1.48 bits per heavy atom. The van der Waals surface area contributed by atoms with E-state index in [1.165, 1.54) is 0 Å². The van der Waals surface area contributed by atoms with Crippen molar-refractivity contribution in [1.29, 1.82) is 0 Å².